The Kier molecular flexibility index (Phi) is 7.44. The number of ether oxygens (including phenoxy) is 2. The van der Waals surface area contributed by atoms with Crippen LogP contribution >= 0.6 is 0 Å². The van der Waals surface area contributed by atoms with Crippen LogP contribution in [-0.4, -0.2) is 30.2 Å². The van der Waals surface area contributed by atoms with Crippen molar-refractivity contribution in [1.82, 2.24) is 4.57 Å². The Morgan fingerprint density at radius 2 is 1.67 bits per heavy atom. The van der Waals surface area contributed by atoms with E-state index in [0.717, 1.165) is 70.8 Å². The standard InChI is InChI=1S/C34H40N2O3/c1-7-35(8-2)25-18-19-29(31(22-25)38-9-3)34(28-16-12-10-14-26(28)33(37)39-34)32-24(6)36(21-20-23(4)5)30-17-13-11-15-27(30)32/h10-19,22-23H,7-9,20-21H2,1-6H3. The zero-order valence-corrected chi connectivity index (χ0v) is 24.1. The molecule has 5 rings (SSSR count). The Labute approximate surface area is 232 Å². The summed E-state index contributed by atoms with van der Waals surface area (Å²) in [5.74, 6) is 1.01. The van der Waals surface area contributed by atoms with E-state index in [0.29, 0.717) is 18.1 Å². The second kappa shape index (κ2) is 10.8. The fourth-order valence-corrected chi connectivity index (χ4v) is 6.15. The van der Waals surface area contributed by atoms with Crippen LogP contribution in [0.25, 0.3) is 10.9 Å². The van der Waals surface area contributed by atoms with Crippen molar-refractivity contribution in [2.24, 2.45) is 5.92 Å². The Hall–Kier alpha value is -3.73. The predicted octanol–water partition coefficient (Wildman–Crippen LogP) is 7.70. The van der Waals surface area contributed by atoms with E-state index in [1.165, 1.54) is 0 Å². The highest BCUT2D eigenvalue weighted by molar-refractivity contribution is 5.99. The average Bonchev–Trinajstić information content (AvgIpc) is 3.39. The second-order valence-electron chi connectivity index (χ2n) is 10.7. The highest BCUT2D eigenvalue weighted by atomic mass is 16.6. The SMILES string of the molecule is CCOc1cc(N(CC)CC)ccc1C1(c2c(C)n(CCC(C)C)c3ccccc23)OC(=O)c2ccccc21. The Morgan fingerprint density at radius 3 is 2.38 bits per heavy atom. The maximum Gasteiger partial charge on any atom is 0.340 e. The van der Waals surface area contributed by atoms with Crippen LogP contribution in [0, 0.1) is 12.8 Å². The van der Waals surface area contributed by atoms with Gasteiger partial charge in [-0.15, -0.1) is 0 Å². The molecule has 0 radical (unpaired) electrons. The topological polar surface area (TPSA) is 43.7 Å². The van der Waals surface area contributed by atoms with Crippen molar-refractivity contribution in [1.29, 1.82) is 0 Å². The van der Waals surface area contributed by atoms with Crippen LogP contribution in [0.15, 0.2) is 66.7 Å². The molecule has 39 heavy (non-hydrogen) atoms. The van der Waals surface area contributed by atoms with Crippen LogP contribution in [0.5, 0.6) is 5.75 Å². The number of aromatic nitrogens is 1. The monoisotopic (exact) mass is 524 g/mol. The molecule has 5 heteroatoms. The molecule has 1 aromatic heterocycles. The fourth-order valence-electron chi connectivity index (χ4n) is 6.15. The first-order valence-electron chi connectivity index (χ1n) is 14.3. The predicted molar refractivity (Wildman–Crippen MR) is 159 cm³/mol. The first-order valence-corrected chi connectivity index (χ1v) is 14.3. The number of para-hydroxylation sites is 1. The largest absolute Gasteiger partial charge is 0.493 e. The summed E-state index contributed by atoms with van der Waals surface area (Å²) in [6, 6.07) is 22.6. The van der Waals surface area contributed by atoms with Crippen molar-refractivity contribution in [3.8, 4) is 5.75 Å². The third-order valence-electron chi connectivity index (χ3n) is 8.06. The maximum absolute atomic E-state index is 13.6. The molecule has 0 saturated carbocycles. The highest BCUT2D eigenvalue weighted by Gasteiger charge is 2.52. The molecule has 204 valence electrons. The lowest BCUT2D eigenvalue weighted by Gasteiger charge is -2.33. The summed E-state index contributed by atoms with van der Waals surface area (Å²) in [6.45, 7) is 16.2. The number of fused-ring (bicyclic) bond motifs is 2. The summed E-state index contributed by atoms with van der Waals surface area (Å²) in [5.41, 5.74) is 5.56. The minimum absolute atomic E-state index is 0.306. The summed E-state index contributed by atoms with van der Waals surface area (Å²) in [5, 5.41) is 1.10. The minimum atomic E-state index is -1.13. The van der Waals surface area contributed by atoms with Crippen molar-refractivity contribution >= 4 is 22.6 Å². The molecule has 1 atom stereocenters. The molecule has 0 fully saturated rings. The Balaban J connectivity index is 1.86. The van der Waals surface area contributed by atoms with Gasteiger partial charge >= 0.3 is 5.97 Å². The number of nitrogens with zero attached hydrogens (tertiary/aromatic N) is 2. The Bertz CT molecular complexity index is 1500. The number of anilines is 1. The van der Waals surface area contributed by atoms with Gasteiger partial charge in [0.05, 0.1) is 12.2 Å². The van der Waals surface area contributed by atoms with Crippen LogP contribution in [-0.2, 0) is 16.9 Å². The lowest BCUT2D eigenvalue weighted by molar-refractivity contribution is 0.0246. The zero-order chi connectivity index (χ0) is 27.7. The van der Waals surface area contributed by atoms with Crippen molar-refractivity contribution < 1.29 is 14.3 Å². The summed E-state index contributed by atoms with van der Waals surface area (Å²) in [7, 11) is 0. The minimum Gasteiger partial charge on any atom is -0.493 e. The molecule has 1 unspecified atom stereocenters. The molecule has 2 heterocycles. The zero-order valence-electron chi connectivity index (χ0n) is 24.1. The van der Waals surface area contributed by atoms with Gasteiger partial charge in [0.1, 0.15) is 5.75 Å². The first kappa shape index (κ1) is 26.9. The summed E-state index contributed by atoms with van der Waals surface area (Å²) in [6.07, 6.45) is 1.06. The smallest absolute Gasteiger partial charge is 0.340 e. The normalized spacial score (nSPS) is 16.5. The van der Waals surface area contributed by atoms with E-state index >= 15 is 0 Å². The molecule has 1 aliphatic rings. The van der Waals surface area contributed by atoms with E-state index in [-0.39, 0.29) is 5.97 Å². The number of cyclic esters (lactones) is 1. The number of aryl methyl sites for hydroxylation is 1. The van der Waals surface area contributed by atoms with Gasteiger partial charge in [-0.25, -0.2) is 4.79 Å². The van der Waals surface area contributed by atoms with E-state index in [2.05, 4.69) is 86.6 Å². The van der Waals surface area contributed by atoms with Gasteiger partial charge in [-0.1, -0.05) is 50.2 Å². The summed E-state index contributed by atoms with van der Waals surface area (Å²) in [4.78, 5) is 15.9. The van der Waals surface area contributed by atoms with Crippen molar-refractivity contribution in [2.45, 2.75) is 60.1 Å². The van der Waals surface area contributed by atoms with Crippen LogP contribution in [0.3, 0.4) is 0 Å². The lowest BCUT2D eigenvalue weighted by atomic mass is 9.78. The van der Waals surface area contributed by atoms with E-state index in [9.17, 15) is 4.79 Å². The van der Waals surface area contributed by atoms with Crippen LogP contribution < -0.4 is 9.64 Å². The van der Waals surface area contributed by atoms with Gasteiger partial charge in [0, 0.05) is 64.7 Å². The number of rotatable bonds is 10. The maximum atomic E-state index is 13.6. The first-order chi connectivity index (χ1) is 18.9. The molecule has 0 amide bonds. The van der Waals surface area contributed by atoms with Gasteiger partial charge in [-0.3, -0.25) is 0 Å². The second-order valence-corrected chi connectivity index (χ2v) is 10.7. The van der Waals surface area contributed by atoms with Crippen LogP contribution in [0.4, 0.5) is 5.69 Å². The third kappa shape index (κ3) is 4.38. The van der Waals surface area contributed by atoms with Crippen LogP contribution in [0.1, 0.15) is 73.8 Å². The van der Waals surface area contributed by atoms with Gasteiger partial charge in [-0.2, -0.15) is 0 Å². The van der Waals surface area contributed by atoms with Crippen molar-refractivity contribution in [3.05, 3.63) is 94.7 Å². The van der Waals surface area contributed by atoms with E-state index < -0.39 is 5.60 Å². The number of carbonyl (C=O) groups is 1. The van der Waals surface area contributed by atoms with Crippen molar-refractivity contribution in [2.75, 3.05) is 24.6 Å². The van der Waals surface area contributed by atoms with Gasteiger partial charge < -0.3 is 18.9 Å². The fraction of sp³-hybridized carbons (Fsp3) is 0.382. The number of hydrogen-bond acceptors (Lipinski definition) is 4. The number of hydrogen-bond donors (Lipinski definition) is 0. The molecule has 0 N–H and O–H groups in total. The number of carbonyl (C=O) groups excluding carboxylic acids is 1. The number of esters is 1. The lowest BCUT2D eigenvalue weighted by Crippen LogP contribution is -2.31. The third-order valence-corrected chi connectivity index (χ3v) is 8.06. The molecule has 0 aliphatic carbocycles. The molecule has 0 saturated heterocycles. The Morgan fingerprint density at radius 1 is 0.949 bits per heavy atom. The highest BCUT2D eigenvalue weighted by Crippen LogP contribution is 2.53. The molecule has 0 bridgehead atoms. The van der Waals surface area contributed by atoms with E-state index in [4.69, 9.17) is 9.47 Å². The molecule has 0 spiro atoms. The summed E-state index contributed by atoms with van der Waals surface area (Å²) < 4.78 is 15.3. The van der Waals surface area contributed by atoms with E-state index in [1.54, 1.807) is 0 Å². The van der Waals surface area contributed by atoms with Crippen molar-refractivity contribution in [3.63, 3.8) is 0 Å². The molecule has 4 aromatic rings. The number of benzene rings is 3. The summed E-state index contributed by atoms with van der Waals surface area (Å²) >= 11 is 0. The average molecular weight is 525 g/mol. The molecule has 3 aromatic carbocycles. The van der Waals surface area contributed by atoms with Gasteiger partial charge in [-0.05, 0) is 64.3 Å². The van der Waals surface area contributed by atoms with Gasteiger partial charge in [0.2, 0.25) is 0 Å². The van der Waals surface area contributed by atoms with Gasteiger partial charge in [0.15, 0.2) is 5.60 Å². The molecule has 1 aliphatic heterocycles. The molecular weight excluding hydrogens is 484 g/mol. The molecule has 5 nitrogen and oxygen atoms in total. The van der Waals surface area contributed by atoms with Crippen LogP contribution in [0.2, 0.25) is 0 Å². The van der Waals surface area contributed by atoms with Gasteiger partial charge in [0.25, 0.3) is 0 Å². The molecular formula is C34H40N2O3. The quantitative estimate of drug-likeness (QED) is 0.199. The van der Waals surface area contributed by atoms with E-state index in [1.807, 2.05) is 31.2 Å².